The van der Waals surface area contributed by atoms with E-state index >= 15 is 0 Å². The molecule has 0 radical (unpaired) electrons. The lowest BCUT2D eigenvalue weighted by Gasteiger charge is -2.07. The lowest BCUT2D eigenvalue weighted by molar-refractivity contribution is 0.0597. The molecule has 1 rings (SSSR count). The smallest absolute Gasteiger partial charge is 0.338 e. The summed E-state index contributed by atoms with van der Waals surface area (Å²) >= 11 is 5.48. The number of rotatable bonds is 4. The van der Waals surface area contributed by atoms with Crippen LogP contribution in [0.5, 0.6) is 0 Å². The number of ketones is 1. The number of carbonyl (C=O) groups excluding carboxylic acids is 2. The lowest BCUT2D eigenvalue weighted by atomic mass is 10.0. The number of methoxy groups -OCH3 is 1. The monoisotopic (exact) mass is 241 g/mol. The molecule has 0 amide bonds. The highest BCUT2D eigenvalue weighted by atomic mass is 35.5. The van der Waals surface area contributed by atoms with E-state index in [1.165, 1.54) is 19.2 Å². The predicted octanol–water partition coefficient (Wildman–Crippen LogP) is 1.87. The molecule has 0 aliphatic carbocycles. The van der Waals surface area contributed by atoms with E-state index in [1.54, 1.807) is 6.07 Å². The molecule has 86 valence electrons. The highest BCUT2D eigenvalue weighted by Gasteiger charge is 2.17. The van der Waals surface area contributed by atoms with Gasteiger partial charge in [-0.15, -0.1) is 11.6 Å². The summed E-state index contributed by atoms with van der Waals surface area (Å²) in [6, 6.07) is 4.50. The summed E-state index contributed by atoms with van der Waals surface area (Å²) in [6.45, 7) is 0. The number of esters is 1. The van der Waals surface area contributed by atoms with Gasteiger partial charge < -0.3 is 10.5 Å². The van der Waals surface area contributed by atoms with Crippen LogP contribution in [0.15, 0.2) is 18.2 Å². The minimum atomic E-state index is -0.578. The molecule has 5 heteroatoms. The molecular weight excluding hydrogens is 230 g/mol. The van der Waals surface area contributed by atoms with Crippen LogP contribution in [-0.2, 0) is 4.74 Å². The number of alkyl halides is 1. The highest BCUT2D eigenvalue weighted by molar-refractivity contribution is 6.20. The van der Waals surface area contributed by atoms with Crippen LogP contribution in [0.4, 0.5) is 5.69 Å². The van der Waals surface area contributed by atoms with Crippen LogP contribution >= 0.6 is 11.6 Å². The normalized spacial score (nSPS) is 9.88. The molecule has 2 N–H and O–H groups in total. The van der Waals surface area contributed by atoms with Crippen LogP contribution in [0.2, 0.25) is 0 Å². The van der Waals surface area contributed by atoms with Crippen molar-refractivity contribution in [3.05, 3.63) is 29.3 Å². The molecule has 4 nitrogen and oxygen atoms in total. The third-order valence-corrected chi connectivity index (χ3v) is 2.26. The van der Waals surface area contributed by atoms with Crippen LogP contribution < -0.4 is 5.73 Å². The van der Waals surface area contributed by atoms with E-state index in [9.17, 15) is 9.59 Å². The van der Waals surface area contributed by atoms with Crippen molar-refractivity contribution in [2.75, 3.05) is 18.7 Å². The first kappa shape index (κ1) is 12.5. The first-order valence-electron chi connectivity index (χ1n) is 4.67. The standard InChI is InChI=1S/C11H12ClNO3/c1-16-11(15)9-6-7(13)2-3-8(9)10(14)4-5-12/h2-3,6H,4-5,13H2,1H3. The number of hydrogen-bond donors (Lipinski definition) is 1. The lowest BCUT2D eigenvalue weighted by Crippen LogP contribution is -2.11. The first-order chi connectivity index (χ1) is 7.60. The number of ether oxygens (including phenoxy) is 1. The zero-order chi connectivity index (χ0) is 12.1. The van der Waals surface area contributed by atoms with Crippen molar-refractivity contribution in [3.63, 3.8) is 0 Å². The fourth-order valence-corrected chi connectivity index (χ4v) is 1.48. The second-order valence-electron chi connectivity index (χ2n) is 3.16. The van der Waals surface area contributed by atoms with E-state index in [1.807, 2.05) is 0 Å². The Morgan fingerprint density at radius 3 is 2.62 bits per heavy atom. The van der Waals surface area contributed by atoms with Crippen LogP contribution in [0.1, 0.15) is 27.1 Å². The van der Waals surface area contributed by atoms with Crippen LogP contribution in [0, 0.1) is 0 Å². The average Bonchev–Trinajstić information content (AvgIpc) is 2.28. The summed E-state index contributed by atoms with van der Waals surface area (Å²) in [5, 5.41) is 0. The maximum absolute atomic E-state index is 11.7. The Morgan fingerprint density at radius 1 is 1.38 bits per heavy atom. The van der Waals surface area contributed by atoms with Crippen molar-refractivity contribution in [2.24, 2.45) is 0 Å². The van der Waals surface area contributed by atoms with E-state index in [2.05, 4.69) is 4.74 Å². The number of carbonyl (C=O) groups is 2. The number of Topliss-reactive ketones (excluding diaryl/α,β-unsaturated/α-hetero) is 1. The maximum atomic E-state index is 11.7. The quantitative estimate of drug-likeness (QED) is 0.378. The summed E-state index contributed by atoms with van der Waals surface area (Å²) in [4.78, 5) is 23.1. The molecule has 0 saturated heterocycles. The van der Waals surface area contributed by atoms with Gasteiger partial charge in [0.05, 0.1) is 12.7 Å². The van der Waals surface area contributed by atoms with Gasteiger partial charge in [0.25, 0.3) is 0 Å². The van der Waals surface area contributed by atoms with Crippen LogP contribution in [-0.4, -0.2) is 24.7 Å². The molecule has 16 heavy (non-hydrogen) atoms. The van der Waals surface area contributed by atoms with E-state index in [0.717, 1.165) is 0 Å². The number of nitrogen functional groups attached to an aromatic ring is 1. The molecule has 0 atom stereocenters. The van der Waals surface area contributed by atoms with E-state index in [0.29, 0.717) is 11.3 Å². The number of halogens is 1. The van der Waals surface area contributed by atoms with Gasteiger partial charge in [0.1, 0.15) is 0 Å². The number of nitrogens with two attached hydrogens (primary N) is 1. The first-order valence-corrected chi connectivity index (χ1v) is 5.20. The van der Waals surface area contributed by atoms with Gasteiger partial charge in [0.2, 0.25) is 0 Å². The highest BCUT2D eigenvalue weighted by Crippen LogP contribution is 2.16. The zero-order valence-corrected chi connectivity index (χ0v) is 9.58. The van der Waals surface area contributed by atoms with Crippen LogP contribution in [0.3, 0.4) is 0 Å². The summed E-state index contributed by atoms with van der Waals surface area (Å²) in [5.74, 6) is -0.565. The minimum absolute atomic E-state index is 0.176. The van der Waals surface area contributed by atoms with Gasteiger partial charge in [-0.3, -0.25) is 4.79 Å². The van der Waals surface area contributed by atoms with Crippen molar-refractivity contribution in [3.8, 4) is 0 Å². The van der Waals surface area contributed by atoms with Crippen molar-refractivity contribution >= 4 is 29.0 Å². The Morgan fingerprint density at radius 2 is 2.06 bits per heavy atom. The number of hydrogen-bond acceptors (Lipinski definition) is 4. The van der Waals surface area contributed by atoms with Crippen molar-refractivity contribution in [1.82, 2.24) is 0 Å². The molecular formula is C11H12ClNO3. The van der Waals surface area contributed by atoms with Crippen molar-refractivity contribution < 1.29 is 14.3 Å². The van der Waals surface area contributed by atoms with Gasteiger partial charge in [-0.05, 0) is 18.2 Å². The summed E-state index contributed by atoms with van der Waals surface area (Å²) in [6.07, 6.45) is 0.176. The second-order valence-corrected chi connectivity index (χ2v) is 3.54. The zero-order valence-electron chi connectivity index (χ0n) is 8.83. The van der Waals surface area contributed by atoms with Crippen molar-refractivity contribution in [2.45, 2.75) is 6.42 Å². The topological polar surface area (TPSA) is 69.4 Å². The summed E-state index contributed by atoms with van der Waals surface area (Å²) in [5.41, 5.74) is 6.43. The van der Waals surface area contributed by atoms with Crippen molar-refractivity contribution in [1.29, 1.82) is 0 Å². The van der Waals surface area contributed by atoms with Gasteiger partial charge in [0, 0.05) is 23.6 Å². The Labute approximate surface area is 98.3 Å². The van der Waals surface area contributed by atoms with Gasteiger partial charge >= 0.3 is 5.97 Å². The average molecular weight is 242 g/mol. The fourth-order valence-electron chi connectivity index (χ4n) is 1.30. The molecule has 0 bridgehead atoms. The molecule has 0 aromatic heterocycles. The number of benzene rings is 1. The van der Waals surface area contributed by atoms with E-state index in [4.69, 9.17) is 17.3 Å². The minimum Gasteiger partial charge on any atom is -0.465 e. The molecule has 0 aliphatic rings. The molecule has 0 saturated carbocycles. The molecule has 1 aromatic rings. The van der Waals surface area contributed by atoms with Gasteiger partial charge in [-0.25, -0.2) is 4.79 Å². The predicted molar refractivity (Wildman–Crippen MR) is 61.9 cm³/mol. The van der Waals surface area contributed by atoms with Gasteiger partial charge in [0.15, 0.2) is 5.78 Å². The Balaban J connectivity index is 3.17. The second kappa shape index (κ2) is 5.51. The summed E-state index contributed by atoms with van der Waals surface area (Å²) in [7, 11) is 1.25. The SMILES string of the molecule is COC(=O)c1cc(N)ccc1C(=O)CCCl. The third-order valence-electron chi connectivity index (χ3n) is 2.07. The Hall–Kier alpha value is -1.55. The molecule has 0 heterocycles. The molecule has 1 aromatic carbocycles. The van der Waals surface area contributed by atoms with E-state index < -0.39 is 5.97 Å². The Kier molecular flexibility index (Phi) is 4.31. The van der Waals surface area contributed by atoms with E-state index in [-0.39, 0.29) is 23.6 Å². The summed E-state index contributed by atoms with van der Waals surface area (Å²) < 4.78 is 4.58. The van der Waals surface area contributed by atoms with Crippen LogP contribution in [0.25, 0.3) is 0 Å². The molecule has 0 aliphatic heterocycles. The number of anilines is 1. The molecule has 0 fully saturated rings. The Bertz CT molecular complexity index is 418. The fraction of sp³-hybridized carbons (Fsp3) is 0.273. The molecule has 0 spiro atoms. The third kappa shape index (κ3) is 2.73. The van der Waals surface area contributed by atoms with Gasteiger partial charge in [-0.1, -0.05) is 0 Å². The molecule has 0 unspecified atom stereocenters. The largest absolute Gasteiger partial charge is 0.465 e. The maximum Gasteiger partial charge on any atom is 0.338 e. The van der Waals surface area contributed by atoms with Gasteiger partial charge in [-0.2, -0.15) is 0 Å².